The molecule has 1 aromatic rings. The predicted octanol–water partition coefficient (Wildman–Crippen LogP) is 2.69. The summed E-state index contributed by atoms with van der Waals surface area (Å²) in [6, 6.07) is 10.4. The number of carbonyl (C=O) groups is 1. The number of hydrogen-bond donors (Lipinski definition) is 1. The Balaban J connectivity index is 1.81. The van der Waals surface area contributed by atoms with Gasteiger partial charge in [0.05, 0.1) is 6.17 Å². The minimum absolute atomic E-state index is 0.151. The molecule has 0 radical (unpaired) electrons. The molecule has 1 heterocycles. The van der Waals surface area contributed by atoms with E-state index < -0.39 is 0 Å². The Morgan fingerprint density at radius 3 is 2.53 bits per heavy atom. The summed E-state index contributed by atoms with van der Waals surface area (Å²) in [5.74, 6) is 1.03. The Labute approximate surface area is 115 Å². The number of carbonyl (C=O) groups excluding carboxylic acids is 1. The highest BCUT2D eigenvalue weighted by Gasteiger charge is 2.45. The molecule has 1 aromatic carbocycles. The van der Waals surface area contributed by atoms with Crippen LogP contribution in [-0.4, -0.2) is 23.0 Å². The number of amides is 1. The third-order valence-electron chi connectivity index (χ3n) is 4.46. The van der Waals surface area contributed by atoms with E-state index in [9.17, 15) is 4.79 Å². The molecule has 1 saturated heterocycles. The van der Waals surface area contributed by atoms with E-state index in [0.29, 0.717) is 6.04 Å². The van der Waals surface area contributed by atoms with Crippen LogP contribution in [0.25, 0.3) is 0 Å². The second-order valence-electron chi connectivity index (χ2n) is 5.91. The molecule has 0 aromatic heterocycles. The number of nitrogens with one attached hydrogen (secondary N) is 1. The van der Waals surface area contributed by atoms with Gasteiger partial charge in [-0.15, -0.1) is 0 Å². The maximum absolute atomic E-state index is 12.7. The fourth-order valence-corrected chi connectivity index (χ4v) is 3.37. The summed E-state index contributed by atoms with van der Waals surface area (Å²) < 4.78 is 0. The zero-order valence-corrected chi connectivity index (χ0v) is 11.7. The average molecular weight is 258 g/mol. The molecule has 3 heteroatoms. The van der Waals surface area contributed by atoms with Crippen molar-refractivity contribution in [3.05, 3.63) is 35.9 Å². The van der Waals surface area contributed by atoms with Crippen molar-refractivity contribution in [3.63, 3.8) is 0 Å². The van der Waals surface area contributed by atoms with Crippen molar-refractivity contribution in [2.45, 2.75) is 51.4 Å². The maximum atomic E-state index is 12.7. The highest BCUT2D eigenvalue weighted by Crippen LogP contribution is 2.37. The predicted molar refractivity (Wildman–Crippen MR) is 75.4 cm³/mol. The molecular formula is C16H22N2O. The second-order valence-corrected chi connectivity index (χ2v) is 5.91. The molecule has 3 nitrogen and oxygen atoms in total. The van der Waals surface area contributed by atoms with Crippen molar-refractivity contribution in [3.8, 4) is 0 Å². The highest BCUT2D eigenvalue weighted by molar-refractivity contribution is 5.86. The average Bonchev–Trinajstić information content (AvgIpc) is 2.73. The smallest absolute Gasteiger partial charge is 0.245 e. The van der Waals surface area contributed by atoms with Crippen LogP contribution >= 0.6 is 0 Å². The summed E-state index contributed by atoms with van der Waals surface area (Å²) >= 11 is 0. The molecule has 2 fully saturated rings. The van der Waals surface area contributed by atoms with Crippen LogP contribution in [0.15, 0.2) is 30.3 Å². The van der Waals surface area contributed by atoms with E-state index in [4.69, 9.17) is 0 Å². The molecule has 2 unspecified atom stereocenters. The fourth-order valence-electron chi connectivity index (χ4n) is 3.37. The van der Waals surface area contributed by atoms with Crippen LogP contribution in [-0.2, 0) is 4.79 Å². The molecule has 1 aliphatic carbocycles. The standard InChI is InChI=1S/C16H22N2O/c1-3-14-17-15(12-7-5-4-6-8-12)16(19)18(14)13-9-11(2)10-13/h4-8,11,13-15,17H,3,9-10H2,1-2H3. The van der Waals surface area contributed by atoms with E-state index in [1.807, 2.05) is 30.3 Å². The Bertz CT molecular complexity index is 453. The molecule has 0 spiro atoms. The van der Waals surface area contributed by atoms with Crippen LogP contribution in [0.1, 0.15) is 44.7 Å². The van der Waals surface area contributed by atoms with Gasteiger partial charge in [-0.3, -0.25) is 10.1 Å². The van der Waals surface area contributed by atoms with Crippen LogP contribution in [0.2, 0.25) is 0 Å². The normalized spacial score (nSPS) is 34.4. The lowest BCUT2D eigenvalue weighted by molar-refractivity contribution is -0.135. The summed E-state index contributed by atoms with van der Waals surface area (Å²) in [4.78, 5) is 14.8. The van der Waals surface area contributed by atoms with Crippen LogP contribution in [0.4, 0.5) is 0 Å². The first-order valence-electron chi connectivity index (χ1n) is 7.34. The first-order chi connectivity index (χ1) is 9.20. The molecule has 2 aliphatic rings. The lowest BCUT2D eigenvalue weighted by atomic mass is 9.80. The van der Waals surface area contributed by atoms with Gasteiger partial charge in [0.2, 0.25) is 5.91 Å². The molecule has 1 amide bonds. The largest absolute Gasteiger partial charge is 0.322 e. The van der Waals surface area contributed by atoms with Gasteiger partial charge < -0.3 is 4.90 Å². The molecule has 1 saturated carbocycles. The minimum Gasteiger partial charge on any atom is -0.322 e. The van der Waals surface area contributed by atoms with E-state index in [0.717, 1.165) is 30.7 Å². The number of rotatable bonds is 3. The monoisotopic (exact) mass is 258 g/mol. The van der Waals surface area contributed by atoms with Gasteiger partial charge in [0, 0.05) is 6.04 Å². The topological polar surface area (TPSA) is 32.3 Å². The Hall–Kier alpha value is -1.35. The van der Waals surface area contributed by atoms with Gasteiger partial charge in [-0.2, -0.15) is 0 Å². The van der Waals surface area contributed by atoms with E-state index >= 15 is 0 Å². The highest BCUT2D eigenvalue weighted by atomic mass is 16.2. The van der Waals surface area contributed by atoms with Crippen LogP contribution in [0, 0.1) is 5.92 Å². The quantitative estimate of drug-likeness (QED) is 0.904. The number of benzene rings is 1. The summed E-state index contributed by atoms with van der Waals surface area (Å²) in [7, 11) is 0. The number of nitrogens with zero attached hydrogens (tertiary/aromatic N) is 1. The maximum Gasteiger partial charge on any atom is 0.245 e. The molecule has 0 bridgehead atoms. The van der Waals surface area contributed by atoms with Gasteiger partial charge in [0.15, 0.2) is 0 Å². The van der Waals surface area contributed by atoms with Crippen molar-refractivity contribution >= 4 is 5.91 Å². The molecule has 3 rings (SSSR count). The summed E-state index contributed by atoms with van der Waals surface area (Å²) in [5, 5.41) is 3.50. The zero-order chi connectivity index (χ0) is 13.4. The van der Waals surface area contributed by atoms with Crippen molar-refractivity contribution in [2.24, 2.45) is 5.92 Å². The van der Waals surface area contributed by atoms with E-state index in [2.05, 4.69) is 24.1 Å². The van der Waals surface area contributed by atoms with Crippen molar-refractivity contribution in [1.82, 2.24) is 10.2 Å². The molecular weight excluding hydrogens is 236 g/mol. The number of hydrogen-bond acceptors (Lipinski definition) is 2. The molecule has 2 atom stereocenters. The zero-order valence-electron chi connectivity index (χ0n) is 11.7. The van der Waals surface area contributed by atoms with Gasteiger partial charge in [0.25, 0.3) is 0 Å². The molecule has 19 heavy (non-hydrogen) atoms. The molecule has 1 aliphatic heterocycles. The summed E-state index contributed by atoms with van der Waals surface area (Å²) in [6.45, 7) is 4.41. The van der Waals surface area contributed by atoms with Gasteiger partial charge in [-0.25, -0.2) is 0 Å². The molecule has 102 valence electrons. The lowest BCUT2D eigenvalue weighted by Gasteiger charge is -2.42. The van der Waals surface area contributed by atoms with E-state index in [1.54, 1.807) is 0 Å². The Kier molecular flexibility index (Phi) is 3.31. The van der Waals surface area contributed by atoms with Gasteiger partial charge in [-0.1, -0.05) is 44.2 Å². The van der Waals surface area contributed by atoms with Crippen molar-refractivity contribution < 1.29 is 4.79 Å². The minimum atomic E-state index is -0.151. The van der Waals surface area contributed by atoms with Crippen molar-refractivity contribution in [1.29, 1.82) is 0 Å². The fraction of sp³-hybridized carbons (Fsp3) is 0.562. The SMILES string of the molecule is CCC1NC(c2ccccc2)C(=O)N1C1CC(C)C1. The van der Waals surface area contributed by atoms with Gasteiger partial charge >= 0.3 is 0 Å². The summed E-state index contributed by atoms with van der Waals surface area (Å²) in [6.07, 6.45) is 3.49. The summed E-state index contributed by atoms with van der Waals surface area (Å²) in [5.41, 5.74) is 1.08. The first-order valence-corrected chi connectivity index (χ1v) is 7.34. The van der Waals surface area contributed by atoms with E-state index in [1.165, 1.54) is 0 Å². The Morgan fingerprint density at radius 2 is 1.95 bits per heavy atom. The second kappa shape index (κ2) is 4.97. The molecule has 1 N–H and O–H groups in total. The first kappa shape index (κ1) is 12.7. The van der Waals surface area contributed by atoms with Crippen molar-refractivity contribution in [2.75, 3.05) is 0 Å². The Morgan fingerprint density at radius 1 is 1.26 bits per heavy atom. The van der Waals surface area contributed by atoms with Gasteiger partial charge in [0.1, 0.15) is 6.04 Å². The van der Waals surface area contributed by atoms with Crippen LogP contribution in [0.3, 0.4) is 0 Å². The van der Waals surface area contributed by atoms with E-state index in [-0.39, 0.29) is 18.1 Å². The third-order valence-corrected chi connectivity index (χ3v) is 4.46. The lowest BCUT2D eigenvalue weighted by Crippen LogP contribution is -2.50. The van der Waals surface area contributed by atoms with Gasteiger partial charge in [-0.05, 0) is 30.7 Å². The van der Waals surface area contributed by atoms with Crippen LogP contribution < -0.4 is 5.32 Å². The third kappa shape index (κ3) is 2.16. The van der Waals surface area contributed by atoms with Crippen LogP contribution in [0.5, 0.6) is 0 Å².